The fraction of sp³-hybridized carbons (Fsp3) is 0.542. The van der Waals surface area contributed by atoms with Crippen LogP contribution in [0.15, 0.2) is 30.0 Å². The number of benzene rings is 1. The Morgan fingerprint density at radius 1 is 1.24 bits per heavy atom. The quantitative estimate of drug-likeness (QED) is 0.393. The van der Waals surface area contributed by atoms with Crippen LogP contribution >= 0.6 is 0 Å². The maximum Gasteiger partial charge on any atom is 0.407 e. The summed E-state index contributed by atoms with van der Waals surface area (Å²) in [6.07, 6.45) is -0.319. The molecule has 0 saturated carbocycles. The Bertz CT molecular complexity index is 950. The summed E-state index contributed by atoms with van der Waals surface area (Å²) >= 11 is 0. The number of carbonyl (C=O) groups excluding carboxylic acids is 2. The molecule has 2 aliphatic rings. The molecular weight excluding hydrogens is 440 g/mol. The Kier molecular flexibility index (Phi) is 7.64. The van der Waals surface area contributed by atoms with Crippen LogP contribution in [0, 0.1) is 5.92 Å². The van der Waals surface area contributed by atoms with E-state index in [4.69, 9.17) is 9.16 Å². The Morgan fingerprint density at radius 2 is 1.91 bits per heavy atom. The van der Waals surface area contributed by atoms with Gasteiger partial charge in [-0.25, -0.2) is 9.59 Å². The lowest BCUT2D eigenvalue weighted by molar-refractivity contribution is -0.160. The van der Waals surface area contributed by atoms with Crippen LogP contribution in [0.4, 0.5) is 4.79 Å². The number of hydrogen-bond acceptors (Lipinski definition) is 5. The van der Waals surface area contributed by atoms with Crippen LogP contribution < -0.4 is 5.32 Å². The van der Waals surface area contributed by atoms with Gasteiger partial charge in [-0.05, 0) is 54.2 Å². The van der Waals surface area contributed by atoms with Crippen molar-refractivity contribution in [1.82, 2.24) is 10.2 Å². The molecule has 0 unspecified atom stereocenters. The molecule has 3 rings (SSSR count). The molecular formula is C24H34N2O6Si. The fourth-order valence-electron chi connectivity index (χ4n) is 5.05. The monoisotopic (exact) mass is 474 g/mol. The Morgan fingerprint density at radius 3 is 2.48 bits per heavy atom. The Labute approximate surface area is 196 Å². The van der Waals surface area contributed by atoms with Crippen LogP contribution in [0.1, 0.15) is 45.2 Å². The summed E-state index contributed by atoms with van der Waals surface area (Å²) < 4.78 is 11.7. The summed E-state index contributed by atoms with van der Waals surface area (Å²) in [5.74, 6) is -1.63. The first-order valence-corrected chi connectivity index (χ1v) is 14.2. The van der Waals surface area contributed by atoms with Gasteiger partial charge < -0.3 is 24.5 Å². The van der Waals surface area contributed by atoms with E-state index in [1.807, 2.05) is 25.1 Å². The predicted octanol–water partition coefficient (Wildman–Crippen LogP) is 3.98. The molecule has 2 amide bonds. The molecule has 3 atom stereocenters. The molecule has 2 heterocycles. The van der Waals surface area contributed by atoms with Gasteiger partial charge in [-0.2, -0.15) is 0 Å². The third-order valence-electron chi connectivity index (χ3n) is 7.14. The summed E-state index contributed by atoms with van der Waals surface area (Å²) in [6, 6.07) is 10.0. The molecule has 33 heavy (non-hydrogen) atoms. The number of rotatable bonds is 10. The van der Waals surface area contributed by atoms with Crippen molar-refractivity contribution in [2.24, 2.45) is 5.92 Å². The number of nitrogens with zero attached hydrogens (tertiary/aromatic N) is 1. The summed E-state index contributed by atoms with van der Waals surface area (Å²) in [5, 5.41) is 12.3. The zero-order valence-electron chi connectivity index (χ0n) is 20.0. The van der Waals surface area contributed by atoms with Crippen molar-refractivity contribution in [3.63, 3.8) is 0 Å². The summed E-state index contributed by atoms with van der Waals surface area (Å²) in [4.78, 5) is 38.1. The maximum atomic E-state index is 13.1. The zero-order valence-corrected chi connectivity index (χ0v) is 21.0. The minimum Gasteiger partial charge on any atom is -0.477 e. The van der Waals surface area contributed by atoms with E-state index in [-0.39, 0.29) is 36.3 Å². The number of β-lactam (4-membered cyclic amide) rings is 1. The van der Waals surface area contributed by atoms with E-state index in [1.165, 1.54) is 11.9 Å². The second kappa shape index (κ2) is 10.1. The van der Waals surface area contributed by atoms with Crippen molar-refractivity contribution in [2.45, 2.75) is 71.0 Å². The van der Waals surface area contributed by atoms with Gasteiger partial charge in [-0.3, -0.25) is 4.79 Å². The third-order valence-corrected chi connectivity index (χ3v) is 11.9. The number of carbonyl (C=O) groups is 3. The van der Waals surface area contributed by atoms with Crippen molar-refractivity contribution < 1.29 is 28.7 Å². The van der Waals surface area contributed by atoms with E-state index in [0.717, 1.165) is 29.3 Å². The van der Waals surface area contributed by atoms with Crippen molar-refractivity contribution in [1.29, 1.82) is 0 Å². The summed E-state index contributed by atoms with van der Waals surface area (Å²) in [5.41, 5.74) is 2.14. The average Bonchev–Trinajstić information content (AvgIpc) is 3.16. The van der Waals surface area contributed by atoms with Crippen LogP contribution in [0.3, 0.4) is 0 Å². The highest BCUT2D eigenvalue weighted by molar-refractivity contribution is 6.73. The van der Waals surface area contributed by atoms with E-state index < -0.39 is 20.4 Å². The summed E-state index contributed by atoms with van der Waals surface area (Å²) in [6.45, 7) is 8.48. The molecule has 2 N–H and O–H groups in total. The first kappa shape index (κ1) is 25.0. The molecule has 0 spiro atoms. The molecule has 8 nitrogen and oxygen atoms in total. The van der Waals surface area contributed by atoms with Gasteiger partial charge >= 0.3 is 12.1 Å². The van der Waals surface area contributed by atoms with Gasteiger partial charge in [0, 0.05) is 7.05 Å². The second-order valence-corrected chi connectivity index (χ2v) is 13.5. The number of fused-ring (bicyclic) bond motifs is 1. The van der Waals surface area contributed by atoms with Crippen molar-refractivity contribution >= 4 is 31.9 Å². The van der Waals surface area contributed by atoms with Crippen LogP contribution in [0.5, 0.6) is 0 Å². The number of nitrogens with one attached hydrogen (secondary N) is 1. The molecule has 1 aromatic rings. The lowest BCUT2D eigenvalue weighted by atomic mass is 9.82. The number of carboxylic acids is 1. The lowest BCUT2D eigenvalue weighted by Gasteiger charge is -2.47. The molecule has 9 heteroatoms. The first-order chi connectivity index (χ1) is 15.7. The highest BCUT2D eigenvalue weighted by atomic mass is 28.4. The maximum absolute atomic E-state index is 13.1. The molecule has 0 aromatic heterocycles. The third kappa shape index (κ3) is 4.70. The minimum absolute atomic E-state index is 0.0443. The van der Waals surface area contributed by atoms with Gasteiger partial charge in [0.05, 0.1) is 18.1 Å². The normalized spacial score (nSPS) is 20.9. The SMILES string of the molecule is CC[Si](CC)(CC)O[C@H](C)[C@H]1C(=O)N2C(C(=O)O)=C(c3cccc(COC(=O)NC)c3)C[C@H]12. The van der Waals surface area contributed by atoms with Gasteiger partial charge in [0.25, 0.3) is 0 Å². The number of carboxylic acid groups (broad SMARTS) is 1. The Balaban J connectivity index is 1.83. The van der Waals surface area contributed by atoms with Crippen molar-refractivity contribution in [3.05, 3.63) is 41.1 Å². The summed E-state index contributed by atoms with van der Waals surface area (Å²) in [7, 11) is -0.412. The van der Waals surface area contributed by atoms with E-state index in [9.17, 15) is 19.5 Å². The van der Waals surface area contributed by atoms with Gasteiger partial charge in [0.1, 0.15) is 12.3 Å². The largest absolute Gasteiger partial charge is 0.477 e. The molecule has 2 aliphatic heterocycles. The highest BCUT2D eigenvalue weighted by Crippen LogP contribution is 2.48. The van der Waals surface area contributed by atoms with Crippen LogP contribution in [-0.4, -0.2) is 55.5 Å². The number of amides is 2. The fourth-order valence-corrected chi connectivity index (χ4v) is 7.99. The molecule has 1 fully saturated rings. The molecule has 1 saturated heterocycles. The number of ether oxygens (including phenoxy) is 1. The standard InChI is InChI=1S/C24H34N2O6Si/c1-6-33(7-2,8-3)32-15(4)20-19-13-18(21(23(28)29)26(19)22(20)27)17-11-9-10-16(12-17)14-31-24(30)25-5/h9-12,15,19-20H,6-8,13-14H2,1-5H3,(H,25,30)(H,28,29)/t15-,19-,20-/m1/s1. The molecule has 0 aliphatic carbocycles. The average molecular weight is 475 g/mol. The van der Waals surface area contributed by atoms with E-state index in [1.54, 1.807) is 6.07 Å². The molecule has 1 aromatic carbocycles. The van der Waals surface area contributed by atoms with Crippen LogP contribution in [-0.2, 0) is 25.4 Å². The highest BCUT2D eigenvalue weighted by Gasteiger charge is 2.57. The first-order valence-electron chi connectivity index (χ1n) is 11.6. The van der Waals surface area contributed by atoms with Gasteiger partial charge in [0.2, 0.25) is 5.91 Å². The Hall–Kier alpha value is -2.65. The predicted molar refractivity (Wildman–Crippen MR) is 127 cm³/mol. The van der Waals surface area contributed by atoms with Crippen LogP contribution in [0.25, 0.3) is 5.57 Å². The number of hydrogen-bond donors (Lipinski definition) is 2. The molecule has 180 valence electrons. The second-order valence-electron chi connectivity index (χ2n) is 8.73. The molecule has 0 bridgehead atoms. The topological polar surface area (TPSA) is 105 Å². The zero-order chi connectivity index (χ0) is 24.3. The molecule has 0 radical (unpaired) electrons. The van der Waals surface area contributed by atoms with E-state index in [0.29, 0.717) is 12.0 Å². The van der Waals surface area contributed by atoms with Crippen molar-refractivity contribution in [3.8, 4) is 0 Å². The number of aliphatic carboxylic acids is 1. The van der Waals surface area contributed by atoms with Gasteiger partial charge in [-0.15, -0.1) is 0 Å². The van der Waals surface area contributed by atoms with E-state index in [2.05, 4.69) is 26.1 Å². The van der Waals surface area contributed by atoms with Gasteiger partial charge in [0.15, 0.2) is 8.32 Å². The lowest BCUT2D eigenvalue weighted by Crippen LogP contribution is -2.63. The number of alkyl carbamates (subject to hydrolysis) is 1. The minimum atomic E-state index is -1.90. The van der Waals surface area contributed by atoms with E-state index >= 15 is 0 Å². The van der Waals surface area contributed by atoms with Crippen LogP contribution in [0.2, 0.25) is 18.1 Å². The van der Waals surface area contributed by atoms with Crippen molar-refractivity contribution in [2.75, 3.05) is 7.05 Å². The van der Waals surface area contributed by atoms with Gasteiger partial charge in [-0.1, -0.05) is 39.0 Å². The smallest absolute Gasteiger partial charge is 0.407 e.